The molecule has 1 atom stereocenters. The Hall–Kier alpha value is -1.99. The van der Waals surface area contributed by atoms with E-state index >= 15 is 0 Å². The Bertz CT molecular complexity index is 931. The van der Waals surface area contributed by atoms with Crippen LogP contribution in [0.4, 0.5) is 0 Å². The number of hydrogen-bond acceptors (Lipinski definition) is 1. The molecule has 0 bridgehead atoms. The van der Waals surface area contributed by atoms with Crippen molar-refractivity contribution in [1.29, 1.82) is 0 Å². The molecule has 1 heteroatoms. The molecule has 25 heavy (non-hydrogen) atoms. The Morgan fingerprint density at radius 1 is 0.720 bits per heavy atom. The zero-order chi connectivity index (χ0) is 17.6. The van der Waals surface area contributed by atoms with Crippen LogP contribution in [-0.2, 0) is 5.41 Å². The molecule has 0 saturated heterocycles. The van der Waals surface area contributed by atoms with Gasteiger partial charge in [-0.3, -0.25) is 0 Å². The lowest BCUT2D eigenvalue weighted by Crippen LogP contribution is -2.16. The second-order valence-corrected chi connectivity index (χ2v) is 8.69. The van der Waals surface area contributed by atoms with Crippen molar-refractivity contribution >= 4 is 11.8 Å². The summed E-state index contributed by atoms with van der Waals surface area (Å²) in [6.07, 6.45) is 2.15. The highest BCUT2D eigenvalue weighted by molar-refractivity contribution is 7.98. The highest BCUT2D eigenvalue weighted by Gasteiger charge is 2.32. The third-order valence-electron chi connectivity index (χ3n) is 5.21. The van der Waals surface area contributed by atoms with Gasteiger partial charge in [0.1, 0.15) is 0 Å². The maximum absolute atomic E-state index is 2.36. The molecule has 0 amide bonds. The number of thioether (sulfide) groups is 1. The molecule has 0 fully saturated rings. The molecule has 0 aliphatic heterocycles. The Morgan fingerprint density at radius 2 is 1.36 bits per heavy atom. The van der Waals surface area contributed by atoms with Gasteiger partial charge in [-0.15, -0.1) is 11.8 Å². The average Bonchev–Trinajstić information content (AvgIpc) is 2.94. The zero-order valence-electron chi connectivity index (χ0n) is 15.3. The summed E-state index contributed by atoms with van der Waals surface area (Å²) in [6.45, 7) is 6.93. The second kappa shape index (κ2) is 6.07. The molecule has 0 radical (unpaired) electrons. The van der Waals surface area contributed by atoms with Gasteiger partial charge in [-0.05, 0) is 57.2 Å². The predicted octanol–water partition coefficient (Wildman–Crippen LogP) is 6.87. The van der Waals surface area contributed by atoms with Crippen molar-refractivity contribution in [2.45, 2.75) is 37.0 Å². The van der Waals surface area contributed by atoms with Crippen molar-refractivity contribution in [2.75, 3.05) is 6.26 Å². The molecule has 0 saturated carbocycles. The van der Waals surface area contributed by atoms with E-state index in [2.05, 4.69) is 93.8 Å². The van der Waals surface area contributed by atoms with Crippen molar-refractivity contribution in [3.05, 3.63) is 89.0 Å². The summed E-state index contributed by atoms with van der Waals surface area (Å²) in [5, 5.41) is 0. The first-order valence-electron chi connectivity index (χ1n) is 8.87. The topological polar surface area (TPSA) is 0 Å². The van der Waals surface area contributed by atoms with Crippen LogP contribution in [0.15, 0.2) is 71.6 Å². The van der Waals surface area contributed by atoms with E-state index in [1.165, 1.54) is 38.3 Å². The maximum Gasteiger partial charge on any atom is 0.0355 e. The summed E-state index contributed by atoms with van der Waals surface area (Å²) in [5.41, 5.74) is 8.68. The average molecular weight is 345 g/mol. The Balaban J connectivity index is 1.99. The van der Waals surface area contributed by atoms with E-state index in [1.54, 1.807) is 0 Å². The van der Waals surface area contributed by atoms with Crippen molar-refractivity contribution in [2.24, 2.45) is 0 Å². The molecule has 3 aromatic carbocycles. The zero-order valence-corrected chi connectivity index (χ0v) is 16.2. The molecule has 4 rings (SSSR count). The minimum Gasteiger partial charge on any atom is -0.130 e. The van der Waals surface area contributed by atoms with Gasteiger partial charge in [0, 0.05) is 10.8 Å². The molecule has 0 nitrogen and oxygen atoms in total. The van der Waals surface area contributed by atoms with Gasteiger partial charge in [-0.1, -0.05) is 75.4 Å². The SMILES string of the molecule is CSc1ccc2c(c1)-c1ccccc1[C@@H]2c1ccccc1C(C)(C)C. The monoisotopic (exact) mass is 344 g/mol. The van der Waals surface area contributed by atoms with Crippen LogP contribution in [0.5, 0.6) is 0 Å². The smallest absolute Gasteiger partial charge is 0.0355 e. The van der Waals surface area contributed by atoms with E-state index in [0.29, 0.717) is 5.92 Å². The fraction of sp³-hybridized carbons (Fsp3) is 0.250. The van der Waals surface area contributed by atoms with Crippen LogP contribution in [0.3, 0.4) is 0 Å². The standard InChI is InChI=1S/C24H24S/c1-24(2,3)22-12-8-7-11-20(22)23-18-10-6-5-9-17(18)21-15-16(25-4)13-14-19(21)23/h5-15,23H,1-4H3/t23-/m0/s1. The molecule has 0 unspecified atom stereocenters. The first kappa shape index (κ1) is 16.5. The second-order valence-electron chi connectivity index (χ2n) is 7.81. The third kappa shape index (κ3) is 2.71. The molecule has 1 aliphatic carbocycles. The molecular weight excluding hydrogens is 320 g/mol. The third-order valence-corrected chi connectivity index (χ3v) is 5.94. The van der Waals surface area contributed by atoms with Gasteiger partial charge in [-0.25, -0.2) is 0 Å². The maximum atomic E-state index is 2.36. The number of hydrogen-bond donors (Lipinski definition) is 0. The number of benzene rings is 3. The van der Waals surface area contributed by atoms with Crippen molar-refractivity contribution in [3.63, 3.8) is 0 Å². The van der Waals surface area contributed by atoms with Crippen LogP contribution >= 0.6 is 11.8 Å². The first-order valence-corrected chi connectivity index (χ1v) is 10.1. The van der Waals surface area contributed by atoms with Gasteiger partial charge in [0.25, 0.3) is 0 Å². The van der Waals surface area contributed by atoms with Crippen LogP contribution in [-0.4, -0.2) is 6.26 Å². The summed E-state index contributed by atoms with van der Waals surface area (Å²) in [6, 6.07) is 24.8. The van der Waals surface area contributed by atoms with Gasteiger partial charge in [0.05, 0.1) is 0 Å². The van der Waals surface area contributed by atoms with Gasteiger partial charge in [0.15, 0.2) is 0 Å². The van der Waals surface area contributed by atoms with E-state index < -0.39 is 0 Å². The van der Waals surface area contributed by atoms with Gasteiger partial charge in [0.2, 0.25) is 0 Å². The Labute approximate surface area is 155 Å². The lowest BCUT2D eigenvalue weighted by molar-refractivity contribution is 0.581. The highest BCUT2D eigenvalue weighted by atomic mass is 32.2. The van der Waals surface area contributed by atoms with Crippen LogP contribution in [0.25, 0.3) is 11.1 Å². The summed E-state index contributed by atoms with van der Waals surface area (Å²) in [7, 11) is 0. The molecule has 0 spiro atoms. The first-order chi connectivity index (χ1) is 12.0. The molecule has 0 aromatic heterocycles. The molecule has 3 aromatic rings. The fourth-order valence-electron chi connectivity index (χ4n) is 4.08. The van der Waals surface area contributed by atoms with E-state index in [1.807, 2.05) is 11.8 Å². The van der Waals surface area contributed by atoms with Gasteiger partial charge < -0.3 is 0 Å². The van der Waals surface area contributed by atoms with Gasteiger partial charge in [-0.2, -0.15) is 0 Å². The Morgan fingerprint density at radius 3 is 2.08 bits per heavy atom. The van der Waals surface area contributed by atoms with Gasteiger partial charge >= 0.3 is 0 Å². The van der Waals surface area contributed by atoms with Crippen LogP contribution < -0.4 is 0 Å². The van der Waals surface area contributed by atoms with Crippen LogP contribution in [0, 0.1) is 0 Å². The summed E-state index contributed by atoms with van der Waals surface area (Å²) in [4.78, 5) is 1.33. The molecule has 0 heterocycles. The summed E-state index contributed by atoms with van der Waals surface area (Å²) < 4.78 is 0. The van der Waals surface area contributed by atoms with Crippen molar-refractivity contribution in [1.82, 2.24) is 0 Å². The van der Waals surface area contributed by atoms with E-state index in [9.17, 15) is 0 Å². The fourth-order valence-corrected chi connectivity index (χ4v) is 4.52. The Kier molecular flexibility index (Phi) is 4.00. The lowest BCUT2D eigenvalue weighted by atomic mass is 9.77. The minimum absolute atomic E-state index is 0.132. The van der Waals surface area contributed by atoms with Crippen molar-refractivity contribution < 1.29 is 0 Å². The highest BCUT2D eigenvalue weighted by Crippen LogP contribution is 2.50. The van der Waals surface area contributed by atoms with Crippen LogP contribution in [0.1, 0.15) is 48.9 Å². The van der Waals surface area contributed by atoms with Crippen molar-refractivity contribution in [3.8, 4) is 11.1 Å². The van der Waals surface area contributed by atoms with Crippen LogP contribution in [0.2, 0.25) is 0 Å². The van der Waals surface area contributed by atoms with E-state index in [0.717, 1.165) is 0 Å². The number of rotatable bonds is 2. The largest absolute Gasteiger partial charge is 0.130 e. The minimum atomic E-state index is 0.132. The normalized spacial score (nSPS) is 15.8. The summed E-state index contributed by atoms with van der Waals surface area (Å²) >= 11 is 1.81. The predicted molar refractivity (Wildman–Crippen MR) is 110 cm³/mol. The summed E-state index contributed by atoms with van der Waals surface area (Å²) in [5.74, 6) is 0.331. The lowest BCUT2D eigenvalue weighted by Gasteiger charge is -2.27. The molecule has 126 valence electrons. The molecule has 0 N–H and O–H groups in total. The molecular formula is C24H24S. The number of fused-ring (bicyclic) bond motifs is 3. The quantitative estimate of drug-likeness (QED) is 0.358. The van der Waals surface area contributed by atoms with E-state index in [-0.39, 0.29) is 5.41 Å². The molecule has 1 aliphatic rings. The van der Waals surface area contributed by atoms with E-state index in [4.69, 9.17) is 0 Å².